The highest BCUT2D eigenvalue weighted by Crippen LogP contribution is 2.28. The largest absolute Gasteiger partial charge is 0.338 e. The number of piperidine rings is 1. The van der Waals surface area contributed by atoms with Crippen LogP contribution in [0.25, 0.3) is 11.4 Å². The van der Waals surface area contributed by atoms with Crippen LogP contribution >= 0.6 is 0 Å². The van der Waals surface area contributed by atoms with Crippen molar-refractivity contribution in [1.29, 1.82) is 0 Å². The van der Waals surface area contributed by atoms with Crippen LogP contribution in [0.3, 0.4) is 0 Å². The van der Waals surface area contributed by atoms with E-state index in [2.05, 4.69) is 39.7 Å². The minimum Gasteiger partial charge on any atom is -0.338 e. The first-order chi connectivity index (χ1) is 11.7. The number of aromatic nitrogens is 2. The molecule has 4 rings (SSSR count). The topological polar surface area (TPSA) is 66.2 Å². The summed E-state index contributed by atoms with van der Waals surface area (Å²) in [6.07, 6.45) is 1.15. The molecule has 1 aromatic heterocycles. The van der Waals surface area contributed by atoms with Crippen molar-refractivity contribution in [3.8, 4) is 11.4 Å². The minimum absolute atomic E-state index is 0.528. The van der Waals surface area contributed by atoms with Crippen LogP contribution < -0.4 is 10.9 Å². The van der Waals surface area contributed by atoms with Crippen molar-refractivity contribution in [3.63, 3.8) is 0 Å². The maximum atomic E-state index is 5.47. The van der Waals surface area contributed by atoms with E-state index in [-0.39, 0.29) is 0 Å². The number of hydrazine groups is 1. The minimum atomic E-state index is 0.528. The quantitative estimate of drug-likeness (QED) is 0.896. The Bertz CT molecular complexity index is 671. The van der Waals surface area contributed by atoms with Crippen molar-refractivity contribution in [2.75, 3.05) is 13.1 Å². The number of hydrogen-bond donors (Lipinski definition) is 2. The van der Waals surface area contributed by atoms with Gasteiger partial charge >= 0.3 is 0 Å². The molecule has 6 nitrogen and oxygen atoms in total. The van der Waals surface area contributed by atoms with Crippen molar-refractivity contribution in [2.45, 2.75) is 38.9 Å². The molecule has 2 fully saturated rings. The molecule has 3 atom stereocenters. The number of fused-ring (bicyclic) bond motifs is 1. The number of rotatable bonds is 4. The van der Waals surface area contributed by atoms with E-state index in [4.69, 9.17) is 4.52 Å². The number of nitrogens with one attached hydrogen (secondary N) is 2. The zero-order valence-electron chi connectivity index (χ0n) is 14.3. The summed E-state index contributed by atoms with van der Waals surface area (Å²) in [5, 5.41) is 4.12. The van der Waals surface area contributed by atoms with Crippen LogP contribution in [0.2, 0.25) is 0 Å². The van der Waals surface area contributed by atoms with E-state index in [0.29, 0.717) is 35.6 Å². The molecule has 2 aromatic rings. The van der Waals surface area contributed by atoms with E-state index >= 15 is 0 Å². The number of benzene rings is 1. The molecule has 0 amide bonds. The normalized spacial score (nSPS) is 27.5. The summed E-state index contributed by atoms with van der Waals surface area (Å²) in [6.45, 7) is 7.42. The molecule has 0 bridgehead atoms. The average Bonchev–Trinajstić information content (AvgIpc) is 3.22. The fourth-order valence-corrected chi connectivity index (χ4v) is 3.93. The molecule has 2 saturated heterocycles. The Kier molecular flexibility index (Phi) is 4.35. The Hall–Kier alpha value is -1.76. The predicted octanol–water partition coefficient (Wildman–Crippen LogP) is 2.06. The van der Waals surface area contributed by atoms with Crippen molar-refractivity contribution in [2.24, 2.45) is 11.8 Å². The van der Waals surface area contributed by atoms with Gasteiger partial charge in [0.1, 0.15) is 0 Å². The highest BCUT2D eigenvalue weighted by molar-refractivity contribution is 5.53. The van der Waals surface area contributed by atoms with Crippen molar-refractivity contribution < 1.29 is 4.52 Å². The van der Waals surface area contributed by atoms with Crippen molar-refractivity contribution in [3.05, 3.63) is 36.2 Å². The molecule has 0 radical (unpaired) electrons. The molecule has 24 heavy (non-hydrogen) atoms. The lowest BCUT2D eigenvalue weighted by Gasteiger charge is -2.36. The third kappa shape index (κ3) is 3.09. The molecule has 3 heterocycles. The predicted molar refractivity (Wildman–Crippen MR) is 91.8 cm³/mol. The standard InChI is InChI=1S/C18H25N5O/c1-12(2)17-14-10-23(9-8-15(14)20-21-17)11-16-19-18(22-24-16)13-6-4-3-5-7-13/h3-7,12,14-15,17,20-21H,8-11H2,1-2H3. The van der Waals surface area contributed by atoms with E-state index in [1.807, 2.05) is 30.3 Å². The maximum absolute atomic E-state index is 5.47. The summed E-state index contributed by atoms with van der Waals surface area (Å²) in [4.78, 5) is 7.00. The molecule has 0 aliphatic carbocycles. The first kappa shape index (κ1) is 15.7. The highest BCUT2D eigenvalue weighted by Gasteiger charge is 2.41. The molecule has 128 valence electrons. The van der Waals surface area contributed by atoms with Gasteiger partial charge in [-0.05, 0) is 12.3 Å². The van der Waals surface area contributed by atoms with E-state index in [9.17, 15) is 0 Å². The van der Waals surface area contributed by atoms with Crippen LogP contribution in [0, 0.1) is 11.8 Å². The van der Waals surface area contributed by atoms with E-state index in [0.717, 1.165) is 31.6 Å². The fourth-order valence-electron chi connectivity index (χ4n) is 3.93. The molecule has 1 aromatic carbocycles. The summed E-state index contributed by atoms with van der Waals surface area (Å²) in [7, 11) is 0. The summed E-state index contributed by atoms with van der Waals surface area (Å²) in [5.74, 6) is 2.63. The number of hydrogen-bond acceptors (Lipinski definition) is 6. The lowest BCUT2D eigenvalue weighted by molar-refractivity contribution is 0.126. The molecule has 2 aliphatic rings. The summed E-state index contributed by atoms with van der Waals surface area (Å²) in [5.41, 5.74) is 7.95. The van der Waals surface area contributed by atoms with Crippen LogP contribution in [0.4, 0.5) is 0 Å². The SMILES string of the molecule is CC(C)C1NNC2CCN(Cc3nc(-c4ccccc4)no3)CC21. The Balaban J connectivity index is 1.42. The van der Waals surface area contributed by atoms with Crippen LogP contribution in [0.5, 0.6) is 0 Å². The second-order valence-corrected chi connectivity index (χ2v) is 7.23. The number of likely N-dealkylation sites (tertiary alicyclic amines) is 1. The average molecular weight is 327 g/mol. The Morgan fingerprint density at radius 2 is 2.08 bits per heavy atom. The zero-order valence-corrected chi connectivity index (χ0v) is 14.3. The smallest absolute Gasteiger partial charge is 0.241 e. The Morgan fingerprint density at radius 1 is 1.25 bits per heavy atom. The number of nitrogens with zero attached hydrogens (tertiary/aromatic N) is 3. The fraction of sp³-hybridized carbons (Fsp3) is 0.556. The molecular formula is C18H25N5O. The molecule has 6 heteroatoms. The summed E-state index contributed by atoms with van der Waals surface area (Å²) >= 11 is 0. The van der Waals surface area contributed by atoms with Gasteiger partial charge < -0.3 is 4.52 Å². The van der Waals surface area contributed by atoms with Crippen LogP contribution in [-0.2, 0) is 6.54 Å². The molecule has 2 N–H and O–H groups in total. The Morgan fingerprint density at radius 3 is 2.88 bits per heavy atom. The van der Waals surface area contributed by atoms with Gasteiger partial charge in [0.15, 0.2) is 0 Å². The third-order valence-corrected chi connectivity index (χ3v) is 5.22. The van der Waals surface area contributed by atoms with Gasteiger partial charge in [0.05, 0.1) is 6.54 Å². The van der Waals surface area contributed by atoms with Gasteiger partial charge in [-0.1, -0.05) is 49.3 Å². The monoisotopic (exact) mass is 327 g/mol. The summed E-state index contributed by atoms with van der Waals surface area (Å²) < 4.78 is 5.47. The second-order valence-electron chi connectivity index (χ2n) is 7.23. The van der Waals surface area contributed by atoms with E-state index in [1.54, 1.807) is 0 Å². The van der Waals surface area contributed by atoms with Gasteiger partial charge in [-0.25, -0.2) is 0 Å². The molecule has 2 aliphatic heterocycles. The van der Waals surface area contributed by atoms with Crippen LogP contribution in [0.15, 0.2) is 34.9 Å². The lowest BCUT2D eigenvalue weighted by Crippen LogP contribution is -2.46. The van der Waals surface area contributed by atoms with Gasteiger partial charge in [0, 0.05) is 36.7 Å². The first-order valence-corrected chi connectivity index (χ1v) is 8.82. The molecular weight excluding hydrogens is 302 g/mol. The second kappa shape index (κ2) is 6.63. The summed E-state index contributed by atoms with van der Waals surface area (Å²) in [6, 6.07) is 11.1. The maximum Gasteiger partial charge on any atom is 0.241 e. The van der Waals surface area contributed by atoms with Gasteiger partial charge in [0.2, 0.25) is 11.7 Å². The Labute approximate surface area is 142 Å². The first-order valence-electron chi connectivity index (χ1n) is 8.82. The van der Waals surface area contributed by atoms with Crippen LogP contribution in [-0.4, -0.2) is 40.2 Å². The van der Waals surface area contributed by atoms with Crippen molar-refractivity contribution in [1.82, 2.24) is 25.9 Å². The van der Waals surface area contributed by atoms with Crippen molar-refractivity contribution >= 4 is 0 Å². The van der Waals surface area contributed by atoms with Gasteiger partial charge in [-0.2, -0.15) is 4.98 Å². The molecule has 3 unspecified atom stereocenters. The highest BCUT2D eigenvalue weighted by atomic mass is 16.5. The van der Waals surface area contributed by atoms with E-state index < -0.39 is 0 Å². The third-order valence-electron chi connectivity index (χ3n) is 5.22. The van der Waals surface area contributed by atoms with Crippen LogP contribution in [0.1, 0.15) is 26.2 Å². The lowest BCUT2D eigenvalue weighted by atomic mass is 9.83. The van der Waals surface area contributed by atoms with Gasteiger partial charge in [-0.3, -0.25) is 15.8 Å². The van der Waals surface area contributed by atoms with Gasteiger partial charge in [-0.15, -0.1) is 0 Å². The zero-order chi connectivity index (χ0) is 16.5. The molecule has 0 spiro atoms. The molecule has 0 saturated carbocycles. The van der Waals surface area contributed by atoms with Gasteiger partial charge in [0.25, 0.3) is 0 Å². The van der Waals surface area contributed by atoms with E-state index in [1.165, 1.54) is 0 Å².